The highest BCUT2D eigenvalue weighted by Crippen LogP contribution is 2.23. The molecule has 1 heterocycles. The van der Waals surface area contributed by atoms with Crippen molar-refractivity contribution >= 4 is 35.4 Å². The Balaban J connectivity index is 2.91. The molecule has 0 bridgehead atoms. The molecule has 1 aromatic heterocycles. The van der Waals surface area contributed by atoms with Crippen LogP contribution in [-0.4, -0.2) is 56.7 Å². The first-order valence-corrected chi connectivity index (χ1v) is 8.92. The van der Waals surface area contributed by atoms with Gasteiger partial charge in [-0.3, -0.25) is 9.36 Å². The first kappa shape index (κ1) is 17.2. The van der Waals surface area contributed by atoms with Crippen LogP contribution in [0.25, 0.3) is 0 Å². The molecule has 8 heteroatoms. The molecule has 1 aromatic rings. The number of hydrogen-bond acceptors (Lipinski definition) is 6. The second-order valence-electron chi connectivity index (χ2n) is 4.34. The second-order valence-corrected chi connectivity index (χ2v) is 6.19. The highest BCUT2D eigenvalue weighted by atomic mass is 32.2. The Kier molecular flexibility index (Phi) is 7.22. The largest absolute Gasteiger partial charge is 0.481 e. The number of nitrogens with zero attached hydrogens (tertiary/aromatic N) is 4. The number of aliphatic carboxylic acids is 1. The van der Waals surface area contributed by atoms with Crippen LogP contribution in [0.15, 0.2) is 5.16 Å². The van der Waals surface area contributed by atoms with E-state index in [0.29, 0.717) is 11.2 Å². The molecule has 0 aliphatic rings. The number of rotatable bonds is 9. The Morgan fingerprint density at radius 3 is 2.65 bits per heavy atom. The molecule has 1 unspecified atom stereocenters. The maximum Gasteiger partial charge on any atom is 0.313 e. The van der Waals surface area contributed by atoms with Gasteiger partial charge in [-0.1, -0.05) is 18.7 Å². The Hall–Kier alpha value is -0.890. The van der Waals surface area contributed by atoms with Gasteiger partial charge in [0.1, 0.15) is 0 Å². The Labute approximate surface area is 128 Å². The number of carbonyl (C=O) groups is 1. The van der Waals surface area contributed by atoms with E-state index in [0.717, 1.165) is 24.7 Å². The molecule has 20 heavy (non-hydrogen) atoms. The molecule has 0 fully saturated rings. The summed E-state index contributed by atoms with van der Waals surface area (Å²) in [7, 11) is 2.02. The molecule has 0 amide bonds. The molecular weight excluding hydrogens is 296 g/mol. The average Bonchev–Trinajstić information content (AvgIpc) is 2.84. The molecule has 0 radical (unpaired) electrons. The van der Waals surface area contributed by atoms with Crippen molar-refractivity contribution in [3.63, 3.8) is 0 Å². The fourth-order valence-electron chi connectivity index (χ4n) is 1.91. The first-order chi connectivity index (χ1) is 9.54. The van der Waals surface area contributed by atoms with E-state index in [1.54, 1.807) is 0 Å². The van der Waals surface area contributed by atoms with E-state index in [-0.39, 0.29) is 5.75 Å². The van der Waals surface area contributed by atoms with E-state index in [1.807, 2.05) is 30.3 Å². The molecule has 6 nitrogen and oxygen atoms in total. The van der Waals surface area contributed by atoms with Crippen LogP contribution < -0.4 is 4.90 Å². The minimum atomic E-state index is -0.843. The summed E-state index contributed by atoms with van der Waals surface area (Å²) in [5, 5.41) is 17.8. The van der Waals surface area contributed by atoms with E-state index in [9.17, 15) is 4.79 Å². The number of thioether (sulfide) groups is 2. The monoisotopic (exact) mass is 318 g/mol. The minimum absolute atomic E-state index is 0.00384. The van der Waals surface area contributed by atoms with Gasteiger partial charge < -0.3 is 10.0 Å². The van der Waals surface area contributed by atoms with Crippen LogP contribution in [0.5, 0.6) is 0 Å². The van der Waals surface area contributed by atoms with Crippen molar-refractivity contribution in [2.24, 2.45) is 0 Å². The quantitative estimate of drug-likeness (QED) is 0.699. The third kappa shape index (κ3) is 4.31. The maximum absolute atomic E-state index is 10.7. The molecule has 1 N–H and O–H groups in total. The first-order valence-electron chi connectivity index (χ1n) is 6.54. The van der Waals surface area contributed by atoms with Gasteiger partial charge in [-0.15, -0.1) is 10.2 Å². The molecule has 0 saturated carbocycles. The van der Waals surface area contributed by atoms with Gasteiger partial charge in [-0.25, -0.2) is 0 Å². The van der Waals surface area contributed by atoms with Gasteiger partial charge in [0, 0.05) is 25.4 Å². The number of anilines is 1. The number of carboxylic acids is 1. The minimum Gasteiger partial charge on any atom is -0.481 e. The summed E-state index contributed by atoms with van der Waals surface area (Å²) in [4.78, 5) is 12.8. The smallest absolute Gasteiger partial charge is 0.313 e. The molecule has 0 saturated heterocycles. The van der Waals surface area contributed by atoms with Gasteiger partial charge in [-0.2, -0.15) is 11.8 Å². The molecule has 1 rings (SSSR count). The third-order valence-corrected chi connectivity index (χ3v) is 4.70. The van der Waals surface area contributed by atoms with Crippen molar-refractivity contribution in [1.82, 2.24) is 14.8 Å². The summed E-state index contributed by atoms with van der Waals surface area (Å²) >= 11 is 3.02. The highest BCUT2D eigenvalue weighted by Gasteiger charge is 2.20. The van der Waals surface area contributed by atoms with Crippen LogP contribution in [0.4, 0.5) is 5.95 Å². The van der Waals surface area contributed by atoms with Crippen molar-refractivity contribution in [3.05, 3.63) is 0 Å². The van der Waals surface area contributed by atoms with Gasteiger partial charge >= 0.3 is 5.97 Å². The van der Waals surface area contributed by atoms with Gasteiger partial charge in [-0.05, 0) is 19.6 Å². The number of aromatic nitrogens is 3. The average molecular weight is 318 g/mol. The highest BCUT2D eigenvalue weighted by molar-refractivity contribution is 7.99. The van der Waals surface area contributed by atoms with Crippen molar-refractivity contribution in [3.8, 4) is 0 Å². The summed E-state index contributed by atoms with van der Waals surface area (Å²) in [5.41, 5.74) is 0. The van der Waals surface area contributed by atoms with Gasteiger partial charge in [0.05, 0.1) is 5.75 Å². The molecule has 0 aliphatic heterocycles. The van der Waals surface area contributed by atoms with Crippen molar-refractivity contribution in [2.45, 2.75) is 38.0 Å². The van der Waals surface area contributed by atoms with Gasteiger partial charge in [0.15, 0.2) is 5.16 Å². The second kappa shape index (κ2) is 8.41. The summed E-state index contributed by atoms with van der Waals surface area (Å²) in [6.07, 6.45) is 3.13. The van der Waals surface area contributed by atoms with E-state index >= 15 is 0 Å². The van der Waals surface area contributed by atoms with E-state index in [1.165, 1.54) is 11.8 Å². The normalized spacial score (nSPS) is 12.4. The molecule has 0 aromatic carbocycles. The standard InChI is InChI=1S/C12H22N4O2S2/c1-5-9(7-19-4)15(3)11-13-14-12(16(11)6-2)20-8-10(17)18/h9H,5-8H2,1-4H3,(H,17,18). The lowest BCUT2D eigenvalue weighted by Crippen LogP contribution is -2.35. The summed E-state index contributed by atoms with van der Waals surface area (Å²) in [6, 6.07) is 0.400. The van der Waals surface area contributed by atoms with E-state index in [2.05, 4.69) is 28.3 Å². The van der Waals surface area contributed by atoms with Crippen molar-refractivity contribution in [1.29, 1.82) is 0 Å². The predicted molar refractivity (Wildman–Crippen MR) is 84.9 cm³/mol. The molecule has 0 spiro atoms. The lowest BCUT2D eigenvalue weighted by Gasteiger charge is -2.27. The Bertz CT molecular complexity index is 439. The zero-order chi connectivity index (χ0) is 15.1. The van der Waals surface area contributed by atoms with Gasteiger partial charge in [0.2, 0.25) is 5.95 Å². The van der Waals surface area contributed by atoms with Crippen LogP contribution in [0.2, 0.25) is 0 Å². The summed E-state index contributed by atoms with van der Waals surface area (Å²) in [5.74, 6) is 0.996. The van der Waals surface area contributed by atoms with Crippen LogP contribution in [0, 0.1) is 0 Å². The summed E-state index contributed by atoms with van der Waals surface area (Å²) in [6.45, 7) is 4.90. The lowest BCUT2D eigenvalue weighted by atomic mass is 10.2. The lowest BCUT2D eigenvalue weighted by molar-refractivity contribution is -0.133. The summed E-state index contributed by atoms with van der Waals surface area (Å²) < 4.78 is 1.97. The molecule has 114 valence electrons. The topological polar surface area (TPSA) is 71.2 Å². The maximum atomic E-state index is 10.7. The zero-order valence-electron chi connectivity index (χ0n) is 12.4. The molecule has 0 aliphatic carbocycles. The number of carboxylic acid groups (broad SMARTS) is 1. The third-order valence-electron chi connectivity index (χ3n) is 3.03. The SMILES string of the molecule is CCC(CSC)N(C)c1nnc(SCC(=O)O)n1CC. The fourth-order valence-corrected chi connectivity index (χ4v) is 3.47. The van der Waals surface area contributed by atoms with Crippen LogP contribution in [-0.2, 0) is 11.3 Å². The van der Waals surface area contributed by atoms with Crippen molar-refractivity contribution < 1.29 is 9.90 Å². The van der Waals surface area contributed by atoms with Crippen LogP contribution in [0.3, 0.4) is 0 Å². The number of hydrogen-bond donors (Lipinski definition) is 1. The predicted octanol–water partition coefficient (Wildman–Crippen LogP) is 2.05. The molecular formula is C12H22N4O2S2. The zero-order valence-corrected chi connectivity index (χ0v) is 14.0. The molecule has 1 atom stereocenters. The van der Waals surface area contributed by atoms with Crippen LogP contribution in [0.1, 0.15) is 20.3 Å². The van der Waals surface area contributed by atoms with Gasteiger partial charge in [0.25, 0.3) is 0 Å². The fraction of sp³-hybridized carbons (Fsp3) is 0.750. The Morgan fingerprint density at radius 1 is 1.45 bits per heavy atom. The van der Waals surface area contributed by atoms with E-state index in [4.69, 9.17) is 5.11 Å². The van der Waals surface area contributed by atoms with Crippen molar-refractivity contribution in [2.75, 3.05) is 29.7 Å². The Morgan fingerprint density at radius 2 is 2.15 bits per heavy atom. The van der Waals surface area contributed by atoms with Crippen LogP contribution >= 0.6 is 23.5 Å². The van der Waals surface area contributed by atoms with E-state index < -0.39 is 5.97 Å².